The summed E-state index contributed by atoms with van der Waals surface area (Å²) in [6, 6.07) is 5.91. The molecule has 0 heterocycles. The molecule has 4 nitrogen and oxygen atoms in total. The SMILES string of the molecule is C[C@H](OC(=O)C12C[C@@H]3C[C@@H](CC(Cl)(C3)C1)C2)C(=O)Nc1ccccc1F. The van der Waals surface area contributed by atoms with Crippen LogP contribution in [0.4, 0.5) is 10.1 Å². The van der Waals surface area contributed by atoms with Crippen LogP contribution in [0.25, 0.3) is 0 Å². The number of esters is 1. The Bertz CT molecular complexity index is 738. The fourth-order valence-electron chi connectivity index (χ4n) is 5.53. The minimum atomic E-state index is -0.985. The third-order valence-corrected chi connectivity index (χ3v) is 6.65. The van der Waals surface area contributed by atoms with E-state index in [2.05, 4.69) is 5.32 Å². The van der Waals surface area contributed by atoms with Crippen molar-refractivity contribution in [3.63, 3.8) is 0 Å². The van der Waals surface area contributed by atoms with Gasteiger partial charge in [-0.1, -0.05) is 12.1 Å². The Hall–Kier alpha value is -1.62. The molecule has 2 unspecified atom stereocenters. The van der Waals surface area contributed by atoms with Gasteiger partial charge in [0.2, 0.25) is 0 Å². The van der Waals surface area contributed by atoms with E-state index in [1.165, 1.54) is 19.1 Å². The largest absolute Gasteiger partial charge is 0.452 e. The molecule has 5 rings (SSSR count). The van der Waals surface area contributed by atoms with Crippen molar-refractivity contribution in [3.8, 4) is 0 Å². The fourth-order valence-corrected chi connectivity index (χ4v) is 6.22. The molecule has 140 valence electrons. The first kappa shape index (κ1) is 17.8. The number of anilines is 1. The predicted molar refractivity (Wildman–Crippen MR) is 96.3 cm³/mol. The van der Waals surface area contributed by atoms with E-state index in [1.54, 1.807) is 12.1 Å². The molecule has 4 bridgehead atoms. The molecule has 6 heteroatoms. The van der Waals surface area contributed by atoms with E-state index in [-0.39, 0.29) is 16.5 Å². The monoisotopic (exact) mass is 379 g/mol. The highest BCUT2D eigenvalue weighted by Crippen LogP contribution is 2.64. The molecule has 0 radical (unpaired) electrons. The van der Waals surface area contributed by atoms with Gasteiger partial charge in [0.05, 0.1) is 11.1 Å². The van der Waals surface area contributed by atoms with Crippen LogP contribution in [0.1, 0.15) is 45.4 Å². The molecule has 1 aromatic rings. The molecule has 0 aromatic heterocycles. The average Bonchev–Trinajstić information content (AvgIpc) is 2.54. The fraction of sp³-hybridized carbons (Fsp3) is 0.600. The highest BCUT2D eigenvalue weighted by molar-refractivity contribution is 6.24. The molecule has 0 aliphatic heterocycles. The van der Waals surface area contributed by atoms with Gasteiger partial charge < -0.3 is 10.1 Å². The highest BCUT2D eigenvalue weighted by atomic mass is 35.5. The van der Waals surface area contributed by atoms with Crippen molar-refractivity contribution in [2.45, 2.75) is 56.4 Å². The Labute approximate surface area is 157 Å². The van der Waals surface area contributed by atoms with Crippen molar-refractivity contribution in [1.82, 2.24) is 0 Å². The van der Waals surface area contributed by atoms with Crippen LogP contribution in [0.5, 0.6) is 0 Å². The Balaban J connectivity index is 1.43. The molecular weight excluding hydrogens is 357 g/mol. The molecular formula is C20H23ClFNO3. The maximum absolute atomic E-state index is 13.7. The summed E-state index contributed by atoms with van der Waals surface area (Å²) in [4.78, 5) is 25.0. The third-order valence-electron chi connectivity index (χ3n) is 6.21. The van der Waals surface area contributed by atoms with Gasteiger partial charge in [0.25, 0.3) is 5.91 Å². The quantitative estimate of drug-likeness (QED) is 0.627. The van der Waals surface area contributed by atoms with Gasteiger partial charge in [-0.05, 0) is 69.4 Å². The molecule has 4 fully saturated rings. The second kappa shape index (κ2) is 6.22. The van der Waals surface area contributed by atoms with Gasteiger partial charge in [0, 0.05) is 4.87 Å². The van der Waals surface area contributed by atoms with Crippen LogP contribution >= 0.6 is 11.6 Å². The number of halogens is 2. The van der Waals surface area contributed by atoms with Crippen LogP contribution in [-0.2, 0) is 14.3 Å². The summed E-state index contributed by atoms with van der Waals surface area (Å²) in [5.41, 5.74) is -0.479. The maximum atomic E-state index is 13.7. The predicted octanol–water partition coefficient (Wildman–Crippen LogP) is 4.27. The van der Waals surface area contributed by atoms with Gasteiger partial charge in [-0.25, -0.2) is 4.39 Å². The number of nitrogens with one attached hydrogen (secondary N) is 1. The molecule has 0 spiro atoms. The minimum Gasteiger partial charge on any atom is -0.452 e. The van der Waals surface area contributed by atoms with E-state index in [0.29, 0.717) is 18.3 Å². The molecule has 1 aromatic carbocycles. The zero-order valence-corrected chi connectivity index (χ0v) is 15.5. The zero-order valence-electron chi connectivity index (χ0n) is 14.8. The Morgan fingerprint density at radius 1 is 1.23 bits per heavy atom. The molecule has 0 saturated heterocycles. The van der Waals surface area contributed by atoms with Crippen LogP contribution in [0.15, 0.2) is 24.3 Å². The lowest BCUT2D eigenvalue weighted by atomic mass is 9.49. The van der Waals surface area contributed by atoms with Crippen molar-refractivity contribution < 1.29 is 18.7 Å². The summed E-state index contributed by atoms with van der Waals surface area (Å²) in [5, 5.41) is 2.48. The lowest BCUT2D eigenvalue weighted by molar-refractivity contribution is -0.176. The lowest BCUT2D eigenvalue weighted by Crippen LogP contribution is -2.57. The first-order chi connectivity index (χ1) is 12.3. The Morgan fingerprint density at radius 2 is 1.88 bits per heavy atom. The van der Waals surface area contributed by atoms with E-state index in [9.17, 15) is 14.0 Å². The number of hydrogen-bond acceptors (Lipinski definition) is 3. The van der Waals surface area contributed by atoms with Crippen molar-refractivity contribution in [2.24, 2.45) is 17.3 Å². The van der Waals surface area contributed by atoms with Gasteiger partial charge in [0.15, 0.2) is 6.10 Å². The van der Waals surface area contributed by atoms with Gasteiger partial charge >= 0.3 is 5.97 Å². The second-order valence-corrected chi connectivity index (χ2v) is 9.21. The van der Waals surface area contributed by atoms with Crippen LogP contribution < -0.4 is 5.32 Å². The summed E-state index contributed by atoms with van der Waals surface area (Å²) in [6.07, 6.45) is 4.35. The van der Waals surface area contributed by atoms with Crippen molar-refractivity contribution in [1.29, 1.82) is 0 Å². The molecule has 4 aliphatic rings. The molecule has 1 N–H and O–H groups in total. The maximum Gasteiger partial charge on any atom is 0.312 e. The van der Waals surface area contributed by atoms with Crippen LogP contribution in [-0.4, -0.2) is 22.9 Å². The molecule has 4 aliphatic carbocycles. The van der Waals surface area contributed by atoms with Gasteiger partial charge in [0.1, 0.15) is 5.82 Å². The molecule has 1 amide bonds. The summed E-state index contributed by atoms with van der Waals surface area (Å²) in [5.74, 6) is -0.432. The van der Waals surface area contributed by atoms with E-state index >= 15 is 0 Å². The number of amides is 1. The number of rotatable bonds is 4. The second-order valence-electron chi connectivity index (χ2n) is 8.41. The summed E-state index contributed by atoms with van der Waals surface area (Å²) < 4.78 is 19.2. The number of alkyl halides is 1. The zero-order chi connectivity index (χ0) is 18.5. The number of benzene rings is 1. The number of para-hydroxylation sites is 1. The van der Waals surface area contributed by atoms with Crippen molar-refractivity contribution in [3.05, 3.63) is 30.1 Å². The standard InChI is InChI=1S/C20H23ClFNO3/c1-12(17(24)23-16-5-3-2-4-15(16)22)26-18(25)19-7-13-6-14(8-19)10-20(21,9-13)11-19/h2-5,12-14H,6-11H2,1H3,(H,23,24)/t12-,13-,14+,19?,20?/m0/s1. The van der Waals surface area contributed by atoms with Crippen LogP contribution in [0.3, 0.4) is 0 Å². The first-order valence-corrected chi connectivity index (χ1v) is 9.62. The van der Waals surface area contributed by atoms with E-state index < -0.39 is 23.2 Å². The smallest absolute Gasteiger partial charge is 0.312 e. The first-order valence-electron chi connectivity index (χ1n) is 9.24. The topological polar surface area (TPSA) is 55.4 Å². The molecule has 4 saturated carbocycles. The lowest BCUT2D eigenvalue weighted by Gasteiger charge is -2.58. The average molecular weight is 380 g/mol. The highest BCUT2D eigenvalue weighted by Gasteiger charge is 2.61. The molecule has 26 heavy (non-hydrogen) atoms. The van der Waals surface area contributed by atoms with Crippen LogP contribution in [0.2, 0.25) is 0 Å². The van der Waals surface area contributed by atoms with E-state index in [0.717, 1.165) is 32.1 Å². The normalized spacial score (nSPS) is 35.8. The number of carbonyl (C=O) groups excluding carboxylic acids is 2. The summed E-state index contributed by atoms with van der Waals surface area (Å²) >= 11 is 6.76. The van der Waals surface area contributed by atoms with Gasteiger partial charge in [-0.15, -0.1) is 11.6 Å². The number of ether oxygens (including phenoxy) is 1. The van der Waals surface area contributed by atoms with Crippen molar-refractivity contribution in [2.75, 3.05) is 5.32 Å². The summed E-state index contributed by atoms with van der Waals surface area (Å²) in [6.45, 7) is 1.52. The van der Waals surface area contributed by atoms with Gasteiger partial charge in [-0.2, -0.15) is 0 Å². The van der Waals surface area contributed by atoms with E-state index in [1.807, 2.05) is 0 Å². The Morgan fingerprint density at radius 3 is 2.50 bits per heavy atom. The summed E-state index contributed by atoms with van der Waals surface area (Å²) in [7, 11) is 0. The number of hydrogen-bond donors (Lipinski definition) is 1. The van der Waals surface area contributed by atoms with Crippen molar-refractivity contribution >= 4 is 29.2 Å². The van der Waals surface area contributed by atoms with E-state index in [4.69, 9.17) is 16.3 Å². The Kier molecular flexibility index (Phi) is 4.25. The van der Waals surface area contributed by atoms with Crippen LogP contribution in [0, 0.1) is 23.1 Å². The van der Waals surface area contributed by atoms with Gasteiger partial charge in [-0.3, -0.25) is 9.59 Å². The number of carbonyl (C=O) groups is 2. The minimum absolute atomic E-state index is 0.0786. The molecule has 5 atom stereocenters. The third kappa shape index (κ3) is 3.11.